The molecule has 70 valence electrons. The van der Waals surface area contributed by atoms with E-state index in [1.54, 1.807) is 0 Å². The first-order valence-corrected chi connectivity index (χ1v) is 3.52. The predicted octanol–water partition coefficient (Wildman–Crippen LogP) is 0.547. The van der Waals surface area contributed by atoms with Gasteiger partial charge in [-0.2, -0.15) is 0 Å². The summed E-state index contributed by atoms with van der Waals surface area (Å²) in [5.74, 6) is -1.56. The van der Waals surface area contributed by atoms with E-state index in [1.807, 2.05) is 0 Å². The van der Waals surface area contributed by atoms with Crippen molar-refractivity contribution in [3.05, 3.63) is 29.8 Å². The van der Waals surface area contributed by atoms with Crippen molar-refractivity contribution in [1.29, 1.82) is 0 Å². The predicted molar refractivity (Wildman–Crippen MR) is 53.6 cm³/mol. The first kappa shape index (κ1) is 13.0. The first-order chi connectivity index (χ1) is 6.09. The van der Waals surface area contributed by atoms with Gasteiger partial charge in [0.2, 0.25) is 0 Å². The van der Waals surface area contributed by atoms with Crippen molar-refractivity contribution < 1.29 is 20.1 Å². The molecule has 0 aliphatic rings. The summed E-state index contributed by atoms with van der Waals surface area (Å²) in [7, 11) is 0. The van der Waals surface area contributed by atoms with Crippen molar-refractivity contribution in [3.8, 4) is 11.5 Å². The Balaban J connectivity index is 0.00000169. The molecule has 1 aromatic rings. The third-order valence-electron chi connectivity index (χ3n) is 1.42. The van der Waals surface area contributed by atoms with Gasteiger partial charge in [-0.1, -0.05) is 6.07 Å². The minimum absolute atomic E-state index is 0. The second-order valence-corrected chi connectivity index (χ2v) is 2.42. The number of carboxylic acids is 1. The number of carboxylic acid groups (broad SMARTS) is 1. The van der Waals surface area contributed by atoms with Gasteiger partial charge in [-0.15, -0.1) is 0 Å². The van der Waals surface area contributed by atoms with E-state index in [9.17, 15) is 4.79 Å². The summed E-state index contributed by atoms with van der Waals surface area (Å²) < 4.78 is 0. The van der Waals surface area contributed by atoms with Crippen molar-refractivity contribution in [2.75, 3.05) is 0 Å². The van der Waals surface area contributed by atoms with Gasteiger partial charge in [-0.25, -0.2) is 4.79 Å². The number of carbonyl (C=O) groups is 1. The Labute approximate surface area is 103 Å². The molecule has 3 N–H and O–H groups in total. The molecule has 0 bridgehead atoms. The summed E-state index contributed by atoms with van der Waals surface area (Å²) in [6, 6.07) is 4.06. The zero-order valence-electron chi connectivity index (χ0n) is 6.64. The molecule has 0 fully saturated rings. The molecule has 0 aliphatic carbocycles. The number of aromatic hydroxyl groups is 2. The molecule has 0 aromatic heterocycles. The van der Waals surface area contributed by atoms with Crippen LogP contribution in [-0.4, -0.2) is 50.8 Å². The van der Waals surface area contributed by atoms with Crippen LogP contribution in [0.15, 0.2) is 24.3 Å². The molecule has 0 unspecified atom stereocenters. The molecule has 0 saturated carbocycles. The molecule has 1 rings (SSSR count). The van der Waals surface area contributed by atoms with E-state index in [0.29, 0.717) is 5.56 Å². The number of rotatable bonds is 2. The zero-order valence-corrected chi connectivity index (χ0v) is 6.64. The Morgan fingerprint density at radius 3 is 2.36 bits per heavy atom. The molecule has 0 heterocycles. The van der Waals surface area contributed by atoms with Crippen LogP contribution < -0.4 is 0 Å². The summed E-state index contributed by atoms with van der Waals surface area (Å²) in [4.78, 5) is 10.1. The van der Waals surface area contributed by atoms with Crippen LogP contribution in [0.25, 0.3) is 6.08 Å². The maximum atomic E-state index is 10.1. The van der Waals surface area contributed by atoms with E-state index in [-0.39, 0.29) is 41.1 Å². The average Bonchev–Trinajstić information content (AvgIpc) is 2.07. The van der Waals surface area contributed by atoms with Crippen LogP contribution in [0.4, 0.5) is 0 Å². The fraction of sp³-hybridized carbons (Fsp3) is 0. The zero-order chi connectivity index (χ0) is 9.84. The maximum absolute atomic E-state index is 10.1. The van der Waals surface area contributed by atoms with Gasteiger partial charge < -0.3 is 15.3 Å². The summed E-state index contributed by atoms with van der Waals surface area (Å²) in [6.07, 6.45) is 2.27. The van der Waals surface area contributed by atoms with E-state index < -0.39 is 5.97 Å². The Kier molecular flexibility index (Phi) is 5.30. The number of hydrogen-bond donors (Lipinski definition) is 3. The van der Waals surface area contributed by atoms with Gasteiger partial charge in [0.25, 0.3) is 0 Å². The Morgan fingerprint density at radius 2 is 1.86 bits per heavy atom. The summed E-state index contributed by atoms with van der Waals surface area (Å²) in [5.41, 5.74) is 0.512. The Morgan fingerprint density at radius 1 is 1.21 bits per heavy atom. The third kappa shape index (κ3) is 3.83. The van der Waals surface area contributed by atoms with Crippen LogP contribution in [-0.2, 0) is 4.79 Å². The van der Waals surface area contributed by atoms with E-state index in [4.69, 9.17) is 15.3 Å². The van der Waals surface area contributed by atoms with Gasteiger partial charge in [0.1, 0.15) is 0 Å². The molecule has 0 atom stereocenters. The SMILES string of the molecule is O=C(O)C=Cc1ccc(O)c(O)c1.[NaH]. The molecule has 0 aliphatic heterocycles. The number of phenolic OH excluding ortho intramolecular Hbond substituents is 2. The Bertz CT molecular complexity index is 360. The number of phenols is 2. The molecule has 0 amide bonds. The first-order valence-electron chi connectivity index (χ1n) is 3.52. The quantitative estimate of drug-likeness (QED) is 0.373. The standard InChI is InChI=1S/C9H8O4.Na.H/c10-7-3-1-6(5-8(7)11)2-4-9(12)13;;/h1-5,10-11H,(H,12,13);;. The number of benzene rings is 1. The molecule has 1 aromatic carbocycles. The van der Waals surface area contributed by atoms with Gasteiger partial charge in [0.15, 0.2) is 11.5 Å². The second-order valence-electron chi connectivity index (χ2n) is 2.42. The molecule has 0 spiro atoms. The van der Waals surface area contributed by atoms with Gasteiger partial charge >= 0.3 is 35.5 Å². The van der Waals surface area contributed by atoms with E-state index >= 15 is 0 Å². The average molecular weight is 204 g/mol. The van der Waals surface area contributed by atoms with Crippen molar-refractivity contribution in [2.45, 2.75) is 0 Å². The van der Waals surface area contributed by atoms with Crippen LogP contribution in [0, 0.1) is 0 Å². The minimum atomic E-state index is -1.06. The van der Waals surface area contributed by atoms with Crippen molar-refractivity contribution in [2.24, 2.45) is 0 Å². The third-order valence-corrected chi connectivity index (χ3v) is 1.42. The van der Waals surface area contributed by atoms with Crippen molar-refractivity contribution in [1.82, 2.24) is 0 Å². The fourth-order valence-corrected chi connectivity index (χ4v) is 0.812. The molecule has 14 heavy (non-hydrogen) atoms. The van der Waals surface area contributed by atoms with Crippen LogP contribution in [0.2, 0.25) is 0 Å². The molecule has 0 radical (unpaired) electrons. The fourth-order valence-electron chi connectivity index (χ4n) is 0.812. The monoisotopic (exact) mass is 204 g/mol. The Hall–Kier alpha value is -0.970. The number of hydrogen-bond acceptors (Lipinski definition) is 3. The van der Waals surface area contributed by atoms with Gasteiger partial charge in [0.05, 0.1) is 0 Å². The summed E-state index contributed by atoms with van der Waals surface area (Å²) in [5, 5.41) is 26.3. The second kappa shape index (κ2) is 5.70. The topological polar surface area (TPSA) is 77.8 Å². The van der Waals surface area contributed by atoms with Gasteiger partial charge in [0, 0.05) is 6.08 Å². The van der Waals surface area contributed by atoms with E-state index in [0.717, 1.165) is 6.08 Å². The van der Waals surface area contributed by atoms with Gasteiger partial charge in [-0.3, -0.25) is 0 Å². The summed E-state index contributed by atoms with van der Waals surface area (Å²) >= 11 is 0. The van der Waals surface area contributed by atoms with Crippen LogP contribution in [0.1, 0.15) is 5.56 Å². The molecular formula is C9H9NaO4. The molecule has 5 heteroatoms. The van der Waals surface area contributed by atoms with Crippen LogP contribution in [0.3, 0.4) is 0 Å². The summed E-state index contributed by atoms with van der Waals surface area (Å²) in [6.45, 7) is 0. The molecular weight excluding hydrogens is 195 g/mol. The molecule has 4 nitrogen and oxygen atoms in total. The van der Waals surface area contributed by atoms with Gasteiger partial charge in [-0.05, 0) is 23.8 Å². The van der Waals surface area contributed by atoms with Crippen LogP contribution in [0.5, 0.6) is 11.5 Å². The molecule has 0 saturated heterocycles. The number of aliphatic carboxylic acids is 1. The normalized spacial score (nSPS) is 9.71. The van der Waals surface area contributed by atoms with Crippen molar-refractivity contribution >= 4 is 41.6 Å². The van der Waals surface area contributed by atoms with E-state index in [1.165, 1.54) is 24.3 Å². The van der Waals surface area contributed by atoms with E-state index in [2.05, 4.69) is 0 Å². The van der Waals surface area contributed by atoms with Crippen LogP contribution >= 0.6 is 0 Å². The van der Waals surface area contributed by atoms with Crippen molar-refractivity contribution in [3.63, 3.8) is 0 Å².